The number of piperazine rings is 1. The average Bonchev–Trinajstić information content (AvgIpc) is 3.20. The molecule has 170 valence electrons. The number of nitrogens with one attached hydrogen (secondary N) is 2. The number of esters is 2. The zero-order valence-corrected chi connectivity index (χ0v) is 18.7. The van der Waals surface area contributed by atoms with Gasteiger partial charge in [0.2, 0.25) is 11.8 Å². The normalized spacial score (nSPS) is 16.2. The molecule has 1 aliphatic heterocycles. The van der Waals surface area contributed by atoms with Crippen LogP contribution >= 0.6 is 11.3 Å². The van der Waals surface area contributed by atoms with E-state index in [1.54, 1.807) is 17.2 Å². The van der Waals surface area contributed by atoms with Crippen LogP contribution in [0.4, 0.5) is 5.00 Å². The summed E-state index contributed by atoms with van der Waals surface area (Å²) >= 11 is 1.23. The molecular weight excluding hydrogens is 434 g/mol. The van der Waals surface area contributed by atoms with Crippen molar-refractivity contribution in [3.05, 3.63) is 41.3 Å². The quantitative estimate of drug-likeness (QED) is 0.580. The molecule has 9 nitrogen and oxygen atoms in total. The average molecular weight is 460 g/mol. The Labute approximate surface area is 189 Å². The van der Waals surface area contributed by atoms with Gasteiger partial charge in [-0.05, 0) is 12.5 Å². The van der Waals surface area contributed by atoms with Gasteiger partial charge >= 0.3 is 11.9 Å². The van der Waals surface area contributed by atoms with Gasteiger partial charge in [-0.1, -0.05) is 30.3 Å². The van der Waals surface area contributed by atoms with Gasteiger partial charge in [-0.2, -0.15) is 0 Å². The van der Waals surface area contributed by atoms with E-state index in [0.29, 0.717) is 29.2 Å². The lowest BCUT2D eigenvalue weighted by atomic mass is 10.0. The molecule has 1 fully saturated rings. The molecule has 2 aromatic rings. The number of thiophene rings is 1. The number of benzene rings is 1. The van der Waals surface area contributed by atoms with E-state index >= 15 is 0 Å². The third-order valence-electron chi connectivity index (χ3n) is 4.98. The number of methoxy groups -OCH3 is 1. The molecule has 0 saturated carbocycles. The van der Waals surface area contributed by atoms with E-state index in [-0.39, 0.29) is 25.5 Å². The number of amides is 2. The molecule has 1 aliphatic rings. The monoisotopic (exact) mass is 459 g/mol. The predicted octanol–water partition coefficient (Wildman–Crippen LogP) is 1.89. The molecule has 0 radical (unpaired) electrons. The van der Waals surface area contributed by atoms with Gasteiger partial charge in [0.15, 0.2) is 0 Å². The van der Waals surface area contributed by atoms with Crippen LogP contribution in [0.2, 0.25) is 0 Å². The van der Waals surface area contributed by atoms with Crippen molar-refractivity contribution in [1.29, 1.82) is 0 Å². The molecular formula is C22H25N3O6S. The van der Waals surface area contributed by atoms with Gasteiger partial charge in [-0.15, -0.1) is 11.3 Å². The first-order chi connectivity index (χ1) is 15.4. The molecule has 1 unspecified atom stereocenters. The maximum Gasteiger partial charge on any atom is 0.341 e. The molecule has 3 rings (SSSR count). The minimum atomic E-state index is -0.797. The zero-order valence-electron chi connectivity index (χ0n) is 17.9. The zero-order chi connectivity index (χ0) is 23.1. The summed E-state index contributed by atoms with van der Waals surface area (Å²) in [6, 6.07) is 8.56. The van der Waals surface area contributed by atoms with Crippen molar-refractivity contribution in [2.45, 2.75) is 19.4 Å². The molecule has 0 aliphatic carbocycles. The smallest absolute Gasteiger partial charge is 0.341 e. The van der Waals surface area contributed by atoms with E-state index in [1.165, 1.54) is 18.4 Å². The van der Waals surface area contributed by atoms with Crippen LogP contribution in [0.1, 0.15) is 23.7 Å². The number of carbonyl (C=O) groups is 4. The fourth-order valence-electron chi connectivity index (χ4n) is 3.45. The Hall–Kier alpha value is -3.24. The standard InChI is InChI=1S/C22H25N3O6S/c1-3-31-22(29)19-15(14-7-5-4-6-8-14)13-32-21(19)24-17(26)12-25-10-9-23-20(28)16(25)11-18(27)30-2/h4-8,13,16H,3,9-12H2,1-2H3,(H,23,28)(H,24,26). The first-order valence-corrected chi connectivity index (χ1v) is 11.0. The summed E-state index contributed by atoms with van der Waals surface area (Å²) in [5, 5.41) is 7.64. The fourth-order valence-corrected chi connectivity index (χ4v) is 4.42. The molecule has 2 N–H and O–H groups in total. The van der Waals surface area contributed by atoms with Gasteiger partial charge in [-0.25, -0.2) is 4.79 Å². The lowest BCUT2D eigenvalue weighted by molar-refractivity contribution is -0.146. The van der Waals surface area contributed by atoms with Crippen molar-refractivity contribution in [2.75, 3.05) is 38.7 Å². The third-order valence-corrected chi connectivity index (χ3v) is 5.88. The Kier molecular flexibility index (Phi) is 7.96. The van der Waals surface area contributed by atoms with Crippen LogP contribution in [0.15, 0.2) is 35.7 Å². The summed E-state index contributed by atoms with van der Waals surface area (Å²) in [6.07, 6.45) is -0.152. The Bertz CT molecular complexity index is 991. The van der Waals surface area contributed by atoms with Crippen LogP contribution in [0.3, 0.4) is 0 Å². The van der Waals surface area contributed by atoms with E-state index in [1.807, 2.05) is 30.3 Å². The van der Waals surface area contributed by atoms with Crippen LogP contribution in [0.25, 0.3) is 11.1 Å². The number of hydrogen-bond acceptors (Lipinski definition) is 8. The summed E-state index contributed by atoms with van der Waals surface area (Å²) in [4.78, 5) is 51.0. The van der Waals surface area contributed by atoms with Gasteiger partial charge < -0.3 is 20.1 Å². The number of rotatable bonds is 8. The van der Waals surface area contributed by atoms with Crippen molar-refractivity contribution in [1.82, 2.24) is 10.2 Å². The Balaban J connectivity index is 1.79. The Morgan fingerprint density at radius 2 is 2.00 bits per heavy atom. The SMILES string of the molecule is CCOC(=O)c1c(-c2ccccc2)csc1NC(=O)CN1CCNC(=O)C1CC(=O)OC. The van der Waals surface area contributed by atoms with Gasteiger partial charge in [-0.3, -0.25) is 19.3 Å². The van der Waals surface area contributed by atoms with E-state index in [9.17, 15) is 19.2 Å². The number of nitrogens with zero attached hydrogens (tertiary/aromatic N) is 1. The van der Waals surface area contributed by atoms with Crippen LogP contribution in [-0.2, 0) is 23.9 Å². The predicted molar refractivity (Wildman–Crippen MR) is 119 cm³/mol. The van der Waals surface area contributed by atoms with Crippen LogP contribution in [0.5, 0.6) is 0 Å². The Morgan fingerprint density at radius 1 is 1.25 bits per heavy atom. The number of anilines is 1. The maximum atomic E-state index is 12.8. The summed E-state index contributed by atoms with van der Waals surface area (Å²) < 4.78 is 9.87. The second-order valence-corrected chi connectivity index (χ2v) is 7.93. The van der Waals surface area contributed by atoms with E-state index in [4.69, 9.17) is 4.74 Å². The van der Waals surface area contributed by atoms with Crippen LogP contribution in [0, 0.1) is 0 Å². The number of carbonyl (C=O) groups excluding carboxylic acids is 4. The highest BCUT2D eigenvalue weighted by Gasteiger charge is 2.33. The third kappa shape index (κ3) is 5.51. The van der Waals surface area contributed by atoms with Crippen molar-refractivity contribution in [3.63, 3.8) is 0 Å². The van der Waals surface area contributed by atoms with Crippen LogP contribution in [-0.4, -0.2) is 68.0 Å². The number of hydrogen-bond donors (Lipinski definition) is 2. The molecule has 1 aromatic carbocycles. The minimum absolute atomic E-state index is 0.115. The van der Waals surface area contributed by atoms with Crippen molar-refractivity contribution in [3.8, 4) is 11.1 Å². The lowest BCUT2D eigenvalue weighted by Gasteiger charge is -2.33. The summed E-state index contributed by atoms with van der Waals surface area (Å²) in [7, 11) is 1.25. The number of ether oxygens (including phenoxy) is 2. The largest absolute Gasteiger partial charge is 0.469 e. The molecule has 2 amide bonds. The molecule has 1 saturated heterocycles. The summed E-state index contributed by atoms with van der Waals surface area (Å²) in [5.74, 6) is -1.79. The van der Waals surface area contributed by atoms with E-state index in [0.717, 1.165) is 5.56 Å². The lowest BCUT2D eigenvalue weighted by Crippen LogP contribution is -2.57. The first-order valence-electron chi connectivity index (χ1n) is 10.2. The molecule has 10 heteroatoms. The second kappa shape index (κ2) is 10.9. The summed E-state index contributed by atoms with van der Waals surface area (Å²) in [5.41, 5.74) is 1.79. The molecule has 2 heterocycles. The van der Waals surface area contributed by atoms with Crippen molar-refractivity contribution >= 4 is 40.1 Å². The highest BCUT2D eigenvalue weighted by Crippen LogP contribution is 2.36. The van der Waals surface area contributed by atoms with Crippen LogP contribution < -0.4 is 10.6 Å². The van der Waals surface area contributed by atoms with E-state index < -0.39 is 23.9 Å². The first kappa shape index (κ1) is 23.4. The van der Waals surface area contributed by atoms with Crippen molar-refractivity contribution in [2.24, 2.45) is 0 Å². The topological polar surface area (TPSA) is 114 Å². The molecule has 0 bridgehead atoms. The van der Waals surface area contributed by atoms with Gasteiger partial charge in [0.1, 0.15) is 16.6 Å². The van der Waals surface area contributed by atoms with Gasteiger partial charge in [0.25, 0.3) is 0 Å². The van der Waals surface area contributed by atoms with Gasteiger partial charge in [0, 0.05) is 24.0 Å². The summed E-state index contributed by atoms with van der Waals surface area (Å²) in [6.45, 7) is 2.58. The highest BCUT2D eigenvalue weighted by molar-refractivity contribution is 7.15. The van der Waals surface area contributed by atoms with Crippen molar-refractivity contribution < 1.29 is 28.7 Å². The maximum absolute atomic E-state index is 12.8. The Morgan fingerprint density at radius 3 is 2.69 bits per heavy atom. The highest BCUT2D eigenvalue weighted by atomic mass is 32.1. The van der Waals surface area contributed by atoms with Gasteiger partial charge in [0.05, 0.1) is 26.7 Å². The second-order valence-electron chi connectivity index (χ2n) is 7.05. The molecule has 0 spiro atoms. The molecule has 1 atom stereocenters. The fraction of sp³-hybridized carbons (Fsp3) is 0.364. The molecule has 32 heavy (non-hydrogen) atoms. The minimum Gasteiger partial charge on any atom is -0.469 e. The molecule has 1 aromatic heterocycles. The van der Waals surface area contributed by atoms with E-state index in [2.05, 4.69) is 15.4 Å².